The lowest BCUT2D eigenvalue weighted by atomic mass is 10.2. The van der Waals surface area contributed by atoms with Crippen molar-refractivity contribution in [2.45, 2.75) is 4.90 Å². The zero-order chi connectivity index (χ0) is 18.4. The van der Waals surface area contributed by atoms with Gasteiger partial charge in [-0.1, -0.05) is 24.3 Å². The van der Waals surface area contributed by atoms with E-state index in [0.29, 0.717) is 0 Å². The number of hydrazine groups is 1. The van der Waals surface area contributed by atoms with E-state index in [-0.39, 0.29) is 21.3 Å². The Balaban J connectivity index is 1.97. The maximum absolute atomic E-state index is 12.0. The van der Waals surface area contributed by atoms with Crippen molar-refractivity contribution in [2.75, 3.05) is 0 Å². The highest BCUT2D eigenvalue weighted by Gasteiger charge is 2.15. The molecule has 0 fully saturated rings. The largest absolute Gasteiger partial charge is 0.298 e. The predicted molar refractivity (Wildman–Crippen MR) is 93.1 cm³/mol. The Hall–Kier alpha value is -2.89. The van der Waals surface area contributed by atoms with Crippen molar-refractivity contribution in [1.29, 1.82) is 0 Å². The lowest BCUT2D eigenvalue weighted by Crippen LogP contribution is -2.48. The highest BCUT2D eigenvalue weighted by Crippen LogP contribution is 2.12. The van der Waals surface area contributed by atoms with Gasteiger partial charge in [-0.2, -0.15) is 0 Å². The van der Waals surface area contributed by atoms with Crippen molar-refractivity contribution in [3.8, 4) is 0 Å². The van der Waals surface area contributed by atoms with Gasteiger partial charge in [0.05, 0.1) is 9.82 Å². The molecule has 3 N–H and O–H groups in total. The zero-order valence-electron chi connectivity index (χ0n) is 12.5. The number of amides is 1. The van der Waals surface area contributed by atoms with Crippen molar-refractivity contribution in [2.24, 2.45) is 0 Å². The molecule has 130 valence electrons. The fourth-order valence-electron chi connectivity index (χ4n) is 1.74. The van der Waals surface area contributed by atoms with Crippen LogP contribution in [0.15, 0.2) is 59.5 Å². The number of hydrogen-bond acceptors (Lipinski definition) is 6. The molecule has 2 aromatic rings. The van der Waals surface area contributed by atoms with Crippen LogP contribution in [-0.4, -0.2) is 24.4 Å². The summed E-state index contributed by atoms with van der Waals surface area (Å²) in [6.45, 7) is 0. The smallest absolute Gasteiger partial charge is 0.270 e. The number of nitro benzene ring substituents is 1. The molecule has 0 saturated heterocycles. The summed E-state index contributed by atoms with van der Waals surface area (Å²) in [5.74, 6) is -0.722. The molecule has 9 nitrogen and oxygen atoms in total. The fraction of sp³-hybridized carbons (Fsp3) is 0. The average Bonchev–Trinajstić information content (AvgIpc) is 2.61. The molecule has 0 aliphatic carbocycles. The number of nitro groups is 1. The van der Waals surface area contributed by atoms with Crippen molar-refractivity contribution in [3.05, 3.63) is 70.3 Å². The van der Waals surface area contributed by atoms with Gasteiger partial charge >= 0.3 is 0 Å². The van der Waals surface area contributed by atoms with Gasteiger partial charge in [-0.3, -0.25) is 25.7 Å². The summed E-state index contributed by atoms with van der Waals surface area (Å²) in [7, 11) is -3.86. The van der Waals surface area contributed by atoms with E-state index in [4.69, 9.17) is 12.2 Å². The summed E-state index contributed by atoms with van der Waals surface area (Å²) < 4.78 is 24.0. The summed E-state index contributed by atoms with van der Waals surface area (Å²) in [6.07, 6.45) is 0. The number of benzene rings is 2. The van der Waals surface area contributed by atoms with E-state index >= 15 is 0 Å². The Morgan fingerprint density at radius 2 is 1.76 bits per heavy atom. The lowest BCUT2D eigenvalue weighted by molar-refractivity contribution is -0.384. The molecule has 2 aromatic carbocycles. The van der Waals surface area contributed by atoms with Crippen molar-refractivity contribution >= 4 is 38.9 Å². The Morgan fingerprint density at radius 1 is 1.08 bits per heavy atom. The maximum Gasteiger partial charge on any atom is 0.270 e. The minimum absolute atomic E-state index is 0.00395. The number of nitrogens with zero attached hydrogens (tertiary/aromatic N) is 1. The molecule has 0 aromatic heterocycles. The van der Waals surface area contributed by atoms with E-state index < -0.39 is 20.9 Å². The first-order valence-electron chi connectivity index (χ1n) is 6.72. The average molecular weight is 380 g/mol. The third kappa shape index (κ3) is 5.04. The van der Waals surface area contributed by atoms with E-state index in [1.165, 1.54) is 30.3 Å². The van der Waals surface area contributed by atoms with Crippen LogP contribution < -0.4 is 15.6 Å². The number of carbonyl (C=O) groups is 1. The summed E-state index contributed by atoms with van der Waals surface area (Å²) in [5.41, 5.74) is 1.94. The van der Waals surface area contributed by atoms with Crippen LogP contribution in [0, 0.1) is 10.1 Å². The van der Waals surface area contributed by atoms with Crippen LogP contribution >= 0.6 is 12.2 Å². The number of thiocarbonyl (C=S) groups is 1. The molecule has 11 heteroatoms. The molecule has 0 spiro atoms. The molecule has 0 unspecified atom stereocenters. The summed E-state index contributed by atoms with van der Waals surface area (Å²) in [6, 6.07) is 12.6. The van der Waals surface area contributed by atoms with Gasteiger partial charge in [-0.05, 0) is 30.4 Å². The molecule has 0 saturated carbocycles. The van der Waals surface area contributed by atoms with Gasteiger partial charge < -0.3 is 0 Å². The number of non-ortho nitro benzene ring substituents is 1. The second-order valence-corrected chi connectivity index (χ2v) is 6.72. The highest BCUT2D eigenvalue weighted by atomic mass is 32.2. The molecule has 1 amide bonds. The quantitative estimate of drug-likeness (QED) is 0.402. The van der Waals surface area contributed by atoms with E-state index in [1.807, 2.05) is 4.83 Å². The van der Waals surface area contributed by atoms with Crippen LogP contribution in [0.25, 0.3) is 0 Å². The van der Waals surface area contributed by atoms with Gasteiger partial charge in [0.2, 0.25) is 0 Å². The minimum Gasteiger partial charge on any atom is -0.298 e. The molecule has 0 aliphatic heterocycles. The standard InChI is InChI=1S/C14H12N4O5S2/c19-13(10-5-4-6-11(9-10)18(20)21)15-14(24)16-17-25(22,23)12-7-2-1-3-8-12/h1-9,17H,(H2,15,16,19,24). The van der Waals surface area contributed by atoms with E-state index in [9.17, 15) is 23.3 Å². The molecular weight excluding hydrogens is 368 g/mol. The normalized spacial score (nSPS) is 10.7. The molecule has 0 atom stereocenters. The summed E-state index contributed by atoms with van der Waals surface area (Å²) in [5, 5.41) is 12.6. The molecular formula is C14H12N4O5S2. The second kappa shape index (κ2) is 7.79. The van der Waals surface area contributed by atoms with Crippen LogP contribution in [0.1, 0.15) is 10.4 Å². The SMILES string of the molecule is O=C(NC(=S)NNS(=O)(=O)c1ccccc1)c1cccc([N+](=O)[O-])c1. The Kier molecular flexibility index (Phi) is 5.75. The first kappa shape index (κ1) is 18.4. The Bertz CT molecular complexity index is 916. The highest BCUT2D eigenvalue weighted by molar-refractivity contribution is 7.89. The minimum atomic E-state index is -3.86. The van der Waals surface area contributed by atoms with Gasteiger partial charge in [0, 0.05) is 17.7 Å². The van der Waals surface area contributed by atoms with Crippen molar-refractivity contribution < 1.29 is 18.1 Å². The van der Waals surface area contributed by atoms with Crippen molar-refractivity contribution in [3.63, 3.8) is 0 Å². The monoisotopic (exact) mass is 380 g/mol. The summed E-state index contributed by atoms with van der Waals surface area (Å²) in [4.78, 5) is 24.1. The first-order chi connectivity index (χ1) is 11.8. The van der Waals surface area contributed by atoms with Gasteiger partial charge in [-0.15, -0.1) is 4.83 Å². The van der Waals surface area contributed by atoms with Crippen LogP contribution in [0.3, 0.4) is 0 Å². The van der Waals surface area contributed by atoms with Crippen molar-refractivity contribution in [1.82, 2.24) is 15.6 Å². The van der Waals surface area contributed by atoms with Gasteiger partial charge in [0.25, 0.3) is 21.6 Å². The fourth-order valence-corrected chi connectivity index (χ4v) is 2.82. The zero-order valence-corrected chi connectivity index (χ0v) is 14.1. The second-order valence-electron chi connectivity index (χ2n) is 4.63. The third-order valence-corrected chi connectivity index (χ3v) is 4.37. The topological polar surface area (TPSA) is 130 Å². The molecule has 0 bridgehead atoms. The van der Waals surface area contributed by atoms with E-state index in [1.54, 1.807) is 18.2 Å². The first-order valence-corrected chi connectivity index (χ1v) is 8.61. The van der Waals surface area contributed by atoms with E-state index in [2.05, 4.69) is 10.7 Å². The van der Waals surface area contributed by atoms with E-state index in [0.717, 1.165) is 6.07 Å². The Labute approximate surface area is 148 Å². The molecule has 0 aliphatic rings. The molecule has 25 heavy (non-hydrogen) atoms. The number of hydrogen-bond donors (Lipinski definition) is 3. The van der Waals surface area contributed by atoms with Crippen LogP contribution in [-0.2, 0) is 10.0 Å². The van der Waals surface area contributed by atoms with Crippen LogP contribution in [0.4, 0.5) is 5.69 Å². The number of nitrogens with one attached hydrogen (secondary N) is 3. The summed E-state index contributed by atoms with van der Waals surface area (Å²) >= 11 is 4.83. The number of rotatable bonds is 5. The molecule has 0 heterocycles. The van der Waals surface area contributed by atoms with Gasteiger partial charge in [0.15, 0.2) is 5.11 Å². The van der Waals surface area contributed by atoms with Crippen LogP contribution in [0.5, 0.6) is 0 Å². The lowest BCUT2D eigenvalue weighted by Gasteiger charge is -2.11. The predicted octanol–water partition coefficient (Wildman–Crippen LogP) is 1.09. The van der Waals surface area contributed by atoms with Gasteiger partial charge in [-0.25, -0.2) is 8.42 Å². The number of carbonyl (C=O) groups excluding carboxylic acids is 1. The van der Waals surface area contributed by atoms with Gasteiger partial charge in [0.1, 0.15) is 0 Å². The molecule has 0 radical (unpaired) electrons. The third-order valence-electron chi connectivity index (χ3n) is 2.90. The maximum atomic E-state index is 12.0. The number of sulfonamides is 1. The molecule has 2 rings (SSSR count). The van der Waals surface area contributed by atoms with Crippen LogP contribution in [0.2, 0.25) is 0 Å². The Morgan fingerprint density at radius 3 is 2.40 bits per heavy atom.